The molecule has 2 aliphatic rings. The lowest BCUT2D eigenvalue weighted by atomic mass is 9.93. The van der Waals surface area contributed by atoms with Crippen LogP contribution in [0.2, 0.25) is 0 Å². The average Bonchev–Trinajstić information content (AvgIpc) is 3.32. The number of fused-ring (bicyclic) bond motifs is 1. The Morgan fingerprint density at radius 3 is 3.04 bits per heavy atom. The standard InChI is InChI=1S/C19H25N5O2/c25-18-12-16(24-10-2-5-17(24)21-18)15-4-1-9-23(13-15)19(26)6-3-8-22-11-7-20-14-22/h7,11-12,14-15H,1-6,8-10,13H2/t15-/m1/s1. The van der Waals surface area contributed by atoms with E-state index < -0.39 is 0 Å². The lowest BCUT2D eigenvalue weighted by Crippen LogP contribution is -2.40. The van der Waals surface area contributed by atoms with Crippen LogP contribution in [0, 0.1) is 0 Å². The van der Waals surface area contributed by atoms with E-state index >= 15 is 0 Å². The van der Waals surface area contributed by atoms with Crippen LogP contribution in [0.4, 0.5) is 0 Å². The van der Waals surface area contributed by atoms with Crippen molar-refractivity contribution in [2.75, 3.05) is 13.1 Å². The summed E-state index contributed by atoms with van der Waals surface area (Å²) < 4.78 is 4.21. The van der Waals surface area contributed by atoms with Gasteiger partial charge < -0.3 is 14.0 Å². The van der Waals surface area contributed by atoms with Gasteiger partial charge in [-0.2, -0.15) is 4.98 Å². The first-order chi connectivity index (χ1) is 12.7. The summed E-state index contributed by atoms with van der Waals surface area (Å²) in [5, 5.41) is 0. The fourth-order valence-electron chi connectivity index (χ4n) is 4.19. The van der Waals surface area contributed by atoms with Gasteiger partial charge in [0.2, 0.25) is 5.91 Å². The molecule has 2 aromatic heterocycles. The molecule has 0 unspecified atom stereocenters. The van der Waals surface area contributed by atoms with Crippen molar-refractivity contribution in [3.05, 3.63) is 46.7 Å². The number of imidazole rings is 1. The number of aromatic nitrogens is 4. The number of rotatable bonds is 5. The van der Waals surface area contributed by atoms with E-state index in [4.69, 9.17) is 0 Å². The summed E-state index contributed by atoms with van der Waals surface area (Å²) >= 11 is 0. The topological polar surface area (TPSA) is 73.0 Å². The number of likely N-dealkylation sites (tertiary alicyclic amines) is 1. The highest BCUT2D eigenvalue weighted by molar-refractivity contribution is 5.76. The summed E-state index contributed by atoms with van der Waals surface area (Å²) in [7, 11) is 0. The Morgan fingerprint density at radius 2 is 2.19 bits per heavy atom. The molecule has 7 heteroatoms. The van der Waals surface area contributed by atoms with Gasteiger partial charge in [-0.1, -0.05) is 0 Å². The van der Waals surface area contributed by atoms with Gasteiger partial charge in [0.05, 0.1) is 6.33 Å². The first-order valence-corrected chi connectivity index (χ1v) is 9.55. The van der Waals surface area contributed by atoms with Crippen LogP contribution < -0.4 is 5.56 Å². The normalized spacial score (nSPS) is 19.5. The summed E-state index contributed by atoms with van der Waals surface area (Å²) in [5.41, 5.74) is 0.936. The SMILES string of the molecule is O=C(CCCn1ccnc1)N1CCC[C@@H](c2cc(=O)nc3n2CCC3)C1. The van der Waals surface area contributed by atoms with Crippen molar-refractivity contribution in [2.45, 2.75) is 57.5 Å². The third-order valence-electron chi connectivity index (χ3n) is 5.47. The molecule has 0 bridgehead atoms. The molecule has 0 N–H and O–H groups in total. The Morgan fingerprint density at radius 1 is 1.27 bits per heavy atom. The van der Waals surface area contributed by atoms with Crippen LogP contribution >= 0.6 is 0 Å². The summed E-state index contributed by atoms with van der Waals surface area (Å²) in [6.45, 7) is 3.29. The molecular weight excluding hydrogens is 330 g/mol. The monoisotopic (exact) mass is 355 g/mol. The van der Waals surface area contributed by atoms with Crippen LogP contribution in [0.1, 0.15) is 49.5 Å². The number of piperidine rings is 1. The van der Waals surface area contributed by atoms with Crippen LogP contribution in [0.3, 0.4) is 0 Å². The average molecular weight is 355 g/mol. The predicted octanol–water partition coefficient (Wildman–Crippen LogP) is 1.57. The van der Waals surface area contributed by atoms with Gasteiger partial charge in [-0.15, -0.1) is 0 Å². The molecule has 0 aromatic carbocycles. The molecule has 0 spiro atoms. The third-order valence-corrected chi connectivity index (χ3v) is 5.47. The van der Waals surface area contributed by atoms with Crippen LogP contribution in [0.5, 0.6) is 0 Å². The maximum Gasteiger partial charge on any atom is 0.273 e. The molecule has 4 heterocycles. The van der Waals surface area contributed by atoms with Crippen molar-refractivity contribution >= 4 is 5.91 Å². The maximum atomic E-state index is 12.6. The molecule has 1 amide bonds. The van der Waals surface area contributed by atoms with E-state index in [1.54, 1.807) is 18.6 Å². The molecule has 2 aromatic rings. The molecule has 7 nitrogen and oxygen atoms in total. The fourth-order valence-corrected chi connectivity index (χ4v) is 4.19. The zero-order chi connectivity index (χ0) is 17.9. The minimum absolute atomic E-state index is 0.142. The number of amides is 1. The van der Waals surface area contributed by atoms with Gasteiger partial charge in [-0.05, 0) is 25.7 Å². The summed E-state index contributed by atoms with van der Waals surface area (Å²) in [5.74, 6) is 1.37. The number of nitrogens with zero attached hydrogens (tertiary/aromatic N) is 5. The van der Waals surface area contributed by atoms with Crippen LogP contribution in [0.25, 0.3) is 0 Å². The molecule has 0 saturated carbocycles. The van der Waals surface area contributed by atoms with E-state index in [-0.39, 0.29) is 17.4 Å². The Hall–Kier alpha value is -2.44. The van der Waals surface area contributed by atoms with Gasteiger partial charge in [0.1, 0.15) is 5.82 Å². The Bertz CT molecular complexity index is 827. The zero-order valence-electron chi connectivity index (χ0n) is 15.0. The largest absolute Gasteiger partial charge is 0.342 e. The molecule has 4 rings (SSSR count). The van der Waals surface area contributed by atoms with Gasteiger partial charge in [0.25, 0.3) is 5.56 Å². The van der Waals surface area contributed by atoms with Crippen LogP contribution in [0.15, 0.2) is 29.6 Å². The molecule has 0 radical (unpaired) electrons. The molecule has 26 heavy (non-hydrogen) atoms. The third kappa shape index (κ3) is 3.57. The highest BCUT2D eigenvalue weighted by Gasteiger charge is 2.28. The number of carbonyl (C=O) groups excluding carboxylic acids is 1. The molecule has 0 aliphatic carbocycles. The summed E-state index contributed by atoms with van der Waals surface area (Å²) in [6.07, 6.45) is 10.8. The summed E-state index contributed by atoms with van der Waals surface area (Å²) in [4.78, 5) is 34.7. The first-order valence-electron chi connectivity index (χ1n) is 9.55. The van der Waals surface area contributed by atoms with E-state index in [9.17, 15) is 9.59 Å². The second kappa shape index (κ2) is 7.43. The van der Waals surface area contributed by atoms with Crippen molar-refractivity contribution in [2.24, 2.45) is 0 Å². The van der Waals surface area contributed by atoms with Gasteiger partial charge in [0, 0.05) is 69.1 Å². The number of hydrogen-bond donors (Lipinski definition) is 0. The number of carbonyl (C=O) groups is 1. The van der Waals surface area contributed by atoms with Crippen molar-refractivity contribution in [1.82, 2.24) is 24.0 Å². The Balaban J connectivity index is 1.40. The predicted molar refractivity (Wildman–Crippen MR) is 96.8 cm³/mol. The Labute approximate surface area is 152 Å². The Kier molecular flexibility index (Phi) is 4.86. The van der Waals surface area contributed by atoms with Crippen LogP contribution in [-0.4, -0.2) is 43.0 Å². The fraction of sp³-hybridized carbons (Fsp3) is 0.579. The highest BCUT2D eigenvalue weighted by Crippen LogP contribution is 2.29. The van der Waals surface area contributed by atoms with Gasteiger partial charge in [-0.3, -0.25) is 9.59 Å². The van der Waals surface area contributed by atoms with Gasteiger partial charge >= 0.3 is 0 Å². The molecule has 1 saturated heterocycles. The van der Waals surface area contributed by atoms with Gasteiger partial charge in [-0.25, -0.2) is 4.98 Å². The summed E-state index contributed by atoms with van der Waals surface area (Å²) in [6, 6.07) is 1.69. The molecule has 138 valence electrons. The molecular formula is C19H25N5O2. The lowest BCUT2D eigenvalue weighted by molar-refractivity contribution is -0.132. The van der Waals surface area contributed by atoms with E-state index in [0.29, 0.717) is 13.0 Å². The minimum atomic E-state index is -0.142. The molecule has 1 fully saturated rings. The quantitative estimate of drug-likeness (QED) is 0.816. The second-order valence-corrected chi connectivity index (χ2v) is 7.27. The zero-order valence-corrected chi connectivity index (χ0v) is 15.0. The second-order valence-electron chi connectivity index (χ2n) is 7.27. The molecule has 1 atom stereocenters. The van der Waals surface area contributed by atoms with Crippen molar-refractivity contribution < 1.29 is 4.79 Å². The highest BCUT2D eigenvalue weighted by atomic mass is 16.2. The van der Waals surface area contributed by atoms with Crippen LogP contribution in [-0.2, 0) is 24.3 Å². The van der Waals surface area contributed by atoms with Crippen molar-refractivity contribution in [3.63, 3.8) is 0 Å². The van der Waals surface area contributed by atoms with E-state index in [1.807, 2.05) is 15.7 Å². The van der Waals surface area contributed by atoms with Gasteiger partial charge in [0.15, 0.2) is 0 Å². The minimum Gasteiger partial charge on any atom is -0.342 e. The number of hydrogen-bond acceptors (Lipinski definition) is 4. The molecule has 2 aliphatic heterocycles. The lowest BCUT2D eigenvalue weighted by Gasteiger charge is -2.34. The number of aryl methyl sites for hydroxylation is 2. The van der Waals surface area contributed by atoms with Crippen molar-refractivity contribution in [3.8, 4) is 0 Å². The van der Waals surface area contributed by atoms with E-state index in [1.165, 1.54) is 0 Å². The maximum absolute atomic E-state index is 12.6. The van der Waals surface area contributed by atoms with E-state index in [0.717, 1.165) is 63.3 Å². The smallest absolute Gasteiger partial charge is 0.273 e. The first kappa shape index (κ1) is 17.0. The van der Waals surface area contributed by atoms with Crippen molar-refractivity contribution in [1.29, 1.82) is 0 Å². The van der Waals surface area contributed by atoms with E-state index in [2.05, 4.69) is 14.5 Å².